The van der Waals surface area contributed by atoms with Crippen molar-refractivity contribution in [2.75, 3.05) is 0 Å². The minimum atomic E-state index is 0.511. The van der Waals surface area contributed by atoms with E-state index < -0.39 is 0 Å². The van der Waals surface area contributed by atoms with E-state index in [1.165, 1.54) is 18.1 Å². The molecule has 2 rings (SSSR count). The second kappa shape index (κ2) is 5.80. The molecule has 3 nitrogen and oxygen atoms in total. The topological polar surface area (TPSA) is 38.7 Å². The third-order valence-corrected chi connectivity index (χ3v) is 4.42. The quantitative estimate of drug-likeness (QED) is 0.797. The third-order valence-electron chi connectivity index (χ3n) is 2.12. The Hall–Kier alpha value is -0.650. The summed E-state index contributed by atoms with van der Waals surface area (Å²) in [6.45, 7) is 2.03. The Morgan fingerprint density at radius 3 is 2.82 bits per heavy atom. The zero-order valence-electron chi connectivity index (χ0n) is 9.02. The number of pyridine rings is 1. The molecule has 0 N–H and O–H groups in total. The van der Waals surface area contributed by atoms with Gasteiger partial charge >= 0.3 is 0 Å². The fraction of sp³-hybridized carbons (Fsp3) is 0.182. The number of rotatable bonds is 3. The van der Waals surface area contributed by atoms with E-state index in [1.54, 1.807) is 6.20 Å². The fourth-order valence-electron chi connectivity index (χ4n) is 1.30. The van der Waals surface area contributed by atoms with E-state index in [9.17, 15) is 0 Å². The molecular weight excluding hydrogens is 322 g/mol. The molecule has 0 aliphatic heterocycles. The molecule has 17 heavy (non-hydrogen) atoms. The number of nitrogens with zero attached hydrogens (tertiary/aromatic N) is 3. The lowest BCUT2D eigenvalue weighted by atomic mass is 10.3. The lowest BCUT2D eigenvalue weighted by molar-refractivity contribution is 0.940. The molecule has 2 aromatic rings. The van der Waals surface area contributed by atoms with Crippen LogP contribution in [0.15, 0.2) is 39.2 Å². The van der Waals surface area contributed by atoms with Crippen LogP contribution in [0, 0.1) is 0 Å². The second-order valence-corrected chi connectivity index (χ2v) is 5.38. The molecule has 0 bridgehead atoms. The smallest absolute Gasteiger partial charge is 0.136 e. The van der Waals surface area contributed by atoms with Gasteiger partial charge in [0.25, 0.3) is 0 Å². The average molecular weight is 331 g/mol. The first-order valence-corrected chi connectivity index (χ1v) is 6.99. The predicted octanol–water partition coefficient (Wildman–Crippen LogP) is 4.00. The van der Waals surface area contributed by atoms with Crippen molar-refractivity contribution in [3.8, 4) is 0 Å². The molecule has 0 spiro atoms. The lowest BCUT2D eigenvalue weighted by Gasteiger charge is -2.07. The molecule has 0 atom stereocenters. The molecule has 0 saturated heterocycles. The molecule has 0 aromatic carbocycles. The molecule has 0 amide bonds. The monoisotopic (exact) mass is 329 g/mol. The molecule has 0 fully saturated rings. The van der Waals surface area contributed by atoms with Gasteiger partial charge in [-0.15, -0.1) is 0 Å². The highest BCUT2D eigenvalue weighted by molar-refractivity contribution is 9.10. The maximum Gasteiger partial charge on any atom is 0.136 e. The van der Waals surface area contributed by atoms with E-state index in [4.69, 9.17) is 11.6 Å². The Morgan fingerprint density at radius 2 is 2.12 bits per heavy atom. The van der Waals surface area contributed by atoms with Crippen molar-refractivity contribution in [3.05, 3.63) is 39.8 Å². The van der Waals surface area contributed by atoms with Crippen LogP contribution in [0.1, 0.15) is 12.5 Å². The van der Waals surface area contributed by atoms with Crippen molar-refractivity contribution in [2.24, 2.45) is 0 Å². The van der Waals surface area contributed by atoms with Crippen LogP contribution in [0.2, 0.25) is 5.15 Å². The van der Waals surface area contributed by atoms with E-state index in [1.807, 2.05) is 19.1 Å². The van der Waals surface area contributed by atoms with Crippen LogP contribution in [0.25, 0.3) is 0 Å². The van der Waals surface area contributed by atoms with Crippen molar-refractivity contribution in [3.63, 3.8) is 0 Å². The molecule has 0 unspecified atom stereocenters. The molecule has 0 radical (unpaired) electrons. The third kappa shape index (κ3) is 2.97. The summed E-state index contributed by atoms with van der Waals surface area (Å²) in [5, 5.41) is 2.24. The van der Waals surface area contributed by atoms with Crippen LogP contribution in [-0.2, 0) is 6.42 Å². The van der Waals surface area contributed by atoms with Crippen LogP contribution in [0.4, 0.5) is 0 Å². The number of hydrogen-bond acceptors (Lipinski definition) is 4. The molecule has 6 heteroatoms. The number of hydrogen-bond donors (Lipinski definition) is 0. The first-order chi connectivity index (χ1) is 8.22. The van der Waals surface area contributed by atoms with Crippen LogP contribution in [0.5, 0.6) is 0 Å². The van der Waals surface area contributed by atoms with Gasteiger partial charge in [-0.1, -0.05) is 18.5 Å². The predicted molar refractivity (Wildman–Crippen MR) is 72.5 cm³/mol. The zero-order chi connectivity index (χ0) is 12.3. The number of aromatic nitrogens is 3. The summed E-state index contributed by atoms with van der Waals surface area (Å²) in [4.78, 5) is 12.5. The van der Waals surface area contributed by atoms with Gasteiger partial charge in [-0.25, -0.2) is 15.0 Å². The van der Waals surface area contributed by atoms with E-state index in [2.05, 4.69) is 30.9 Å². The molecule has 2 heterocycles. The van der Waals surface area contributed by atoms with Gasteiger partial charge < -0.3 is 0 Å². The standard InChI is InChI=1S/C11H9BrClN3S/c1-2-7-9(13)15-6-16-10(7)17-11-8(12)4-3-5-14-11/h3-6H,2H2,1H3. The summed E-state index contributed by atoms with van der Waals surface area (Å²) in [6, 6.07) is 3.82. The summed E-state index contributed by atoms with van der Waals surface area (Å²) < 4.78 is 0.946. The summed E-state index contributed by atoms with van der Waals surface area (Å²) in [5.74, 6) is 0. The van der Waals surface area contributed by atoms with E-state index in [0.29, 0.717) is 5.15 Å². The highest BCUT2D eigenvalue weighted by Gasteiger charge is 2.11. The van der Waals surface area contributed by atoms with Gasteiger partial charge in [0, 0.05) is 11.8 Å². The normalized spacial score (nSPS) is 10.5. The zero-order valence-corrected chi connectivity index (χ0v) is 12.2. The average Bonchev–Trinajstić information content (AvgIpc) is 2.32. The number of halogens is 2. The van der Waals surface area contributed by atoms with Gasteiger partial charge in [-0.3, -0.25) is 0 Å². The van der Waals surface area contributed by atoms with E-state index in [0.717, 1.165) is 26.5 Å². The van der Waals surface area contributed by atoms with Crippen LogP contribution < -0.4 is 0 Å². The molecule has 0 saturated carbocycles. The van der Waals surface area contributed by atoms with Crippen molar-refractivity contribution >= 4 is 39.3 Å². The molecular formula is C11H9BrClN3S. The maximum absolute atomic E-state index is 6.04. The van der Waals surface area contributed by atoms with Gasteiger partial charge in [-0.2, -0.15) is 0 Å². The van der Waals surface area contributed by atoms with Crippen molar-refractivity contribution in [1.82, 2.24) is 15.0 Å². The van der Waals surface area contributed by atoms with E-state index in [-0.39, 0.29) is 0 Å². The summed E-state index contributed by atoms with van der Waals surface area (Å²) in [5.41, 5.74) is 0.955. The van der Waals surface area contributed by atoms with Gasteiger partial charge in [-0.05, 0) is 46.2 Å². The second-order valence-electron chi connectivity index (χ2n) is 3.19. The minimum Gasteiger partial charge on any atom is -0.248 e. The van der Waals surface area contributed by atoms with Crippen molar-refractivity contribution in [1.29, 1.82) is 0 Å². The highest BCUT2D eigenvalue weighted by atomic mass is 79.9. The van der Waals surface area contributed by atoms with Crippen molar-refractivity contribution < 1.29 is 0 Å². The summed E-state index contributed by atoms with van der Waals surface area (Å²) in [6.07, 6.45) is 4.02. The van der Waals surface area contributed by atoms with Crippen molar-refractivity contribution in [2.45, 2.75) is 23.4 Å². The molecule has 2 aromatic heterocycles. The minimum absolute atomic E-state index is 0.511. The molecule has 88 valence electrons. The largest absolute Gasteiger partial charge is 0.248 e. The Balaban J connectivity index is 2.37. The Morgan fingerprint density at radius 1 is 1.29 bits per heavy atom. The molecule has 0 aliphatic rings. The van der Waals surface area contributed by atoms with E-state index >= 15 is 0 Å². The Bertz CT molecular complexity index is 536. The lowest BCUT2D eigenvalue weighted by Crippen LogP contribution is -1.94. The maximum atomic E-state index is 6.04. The fourth-order valence-corrected chi connectivity index (χ4v) is 3.05. The summed E-state index contributed by atoms with van der Waals surface area (Å²) >= 11 is 11.0. The first-order valence-electron chi connectivity index (χ1n) is 5.00. The van der Waals surface area contributed by atoms with Gasteiger partial charge in [0.1, 0.15) is 21.5 Å². The van der Waals surface area contributed by atoms with Gasteiger partial charge in [0.2, 0.25) is 0 Å². The van der Waals surface area contributed by atoms with Crippen LogP contribution in [0.3, 0.4) is 0 Å². The highest BCUT2D eigenvalue weighted by Crippen LogP contribution is 2.33. The SMILES string of the molecule is CCc1c(Cl)ncnc1Sc1ncccc1Br. The van der Waals surface area contributed by atoms with Crippen LogP contribution in [-0.4, -0.2) is 15.0 Å². The van der Waals surface area contributed by atoms with Crippen LogP contribution >= 0.6 is 39.3 Å². The van der Waals surface area contributed by atoms with Gasteiger partial charge in [0.15, 0.2) is 0 Å². The Kier molecular flexibility index (Phi) is 4.36. The molecule has 0 aliphatic carbocycles. The summed E-state index contributed by atoms with van der Waals surface area (Å²) in [7, 11) is 0. The Labute approximate surface area is 117 Å². The first kappa shape index (κ1) is 12.8. The van der Waals surface area contributed by atoms with Gasteiger partial charge in [0.05, 0.1) is 4.47 Å².